The van der Waals surface area contributed by atoms with Gasteiger partial charge in [-0.25, -0.2) is 0 Å². The van der Waals surface area contributed by atoms with Crippen LogP contribution in [0.5, 0.6) is 0 Å². The molecule has 46 heavy (non-hydrogen) atoms. The van der Waals surface area contributed by atoms with E-state index in [0.717, 1.165) is 39.9 Å². The van der Waals surface area contributed by atoms with Gasteiger partial charge in [-0.15, -0.1) is 0 Å². The summed E-state index contributed by atoms with van der Waals surface area (Å²) in [4.78, 5) is 42.5. The molecule has 0 saturated carbocycles. The number of nitrogens with two attached hydrogens (primary N) is 2. The van der Waals surface area contributed by atoms with Crippen molar-refractivity contribution in [2.24, 2.45) is 11.5 Å². The van der Waals surface area contributed by atoms with Gasteiger partial charge in [-0.3, -0.25) is 14.4 Å². The van der Waals surface area contributed by atoms with Crippen LogP contribution in [0.2, 0.25) is 0 Å². The second kappa shape index (κ2) is 15.8. The monoisotopic (exact) mass is 615 g/mol. The van der Waals surface area contributed by atoms with Crippen LogP contribution in [0.4, 0.5) is 5.69 Å². The molecular weight excluding hydrogens is 574 g/mol. The minimum Gasteiger partial charge on any atom is -0.350 e. The van der Waals surface area contributed by atoms with Crippen LogP contribution in [-0.4, -0.2) is 54.3 Å². The molecule has 8 nitrogen and oxygen atoms in total. The maximum absolute atomic E-state index is 14.2. The van der Waals surface area contributed by atoms with Gasteiger partial charge in [-0.2, -0.15) is 0 Å². The SMILES string of the molecule is NCCCC[C@H](N)C(=O)N[C@@H](Cc1ccccc1)CN(CC(=O)Nc1cccc2ccccc12)C(=O)c1ccc2ccccc2c1. The lowest BCUT2D eigenvalue weighted by atomic mass is 10.0. The highest BCUT2D eigenvalue weighted by Crippen LogP contribution is 2.23. The topological polar surface area (TPSA) is 131 Å². The molecule has 5 rings (SSSR count). The first-order valence-corrected chi connectivity index (χ1v) is 15.8. The number of hydrogen-bond acceptors (Lipinski definition) is 5. The van der Waals surface area contributed by atoms with E-state index in [1.807, 2.05) is 109 Å². The Morgan fingerprint density at radius 1 is 0.739 bits per heavy atom. The minimum absolute atomic E-state index is 0.102. The fourth-order valence-corrected chi connectivity index (χ4v) is 5.70. The van der Waals surface area contributed by atoms with Crippen molar-refractivity contribution in [3.8, 4) is 0 Å². The van der Waals surface area contributed by atoms with Gasteiger partial charge >= 0.3 is 0 Å². The Bertz CT molecular complexity index is 1790. The lowest BCUT2D eigenvalue weighted by Crippen LogP contribution is -2.52. The molecule has 0 heterocycles. The van der Waals surface area contributed by atoms with Gasteiger partial charge in [0.05, 0.1) is 12.1 Å². The van der Waals surface area contributed by atoms with E-state index in [2.05, 4.69) is 10.6 Å². The highest BCUT2D eigenvalue weighted by molar-refractivity contribution is 6.05. The molecule has 0 aliphatic heterocycles. The number of nitrogens with one attached hydrogen (secondary N) is 2. The highest BCUT2D eigenvalue weighted by atomic mass is 16.2. The average molecular weight is 616 g/mol. The molecule has 0 saturated heterocycles. The van der Waals surface area contributed by atoms with Crippen LogP contribution in [-0.2, 0) is 16.0 Å². The zero-order chi connectivity index (χ0) is 32.3. The van der Waals surface area contributed by atoms with Crippen molar-refractivity contribution < 1.29 is 14.4 Å². The van der Waals surface area contributed by atoms with Gasteiger partial charge in [0.25, 0.3) is 5.91 Å². The number of nitrogens with zero attached hydrogens (tertiary/aromatic N) is 1. The van der Waals surface area contributed by atoms with Crippen LogP contribution < -0.4 is 22.1 Å². The minimum atomic E-state index is -0.705. The van der Waals surface area contributed by atoms with Crippen molar-refractivity contribution in [3.63, 3.8) is 0 Å². The van der Waals surface area contributed by atoms with Crippen LogP contribution in [0.1, 0.15) is 35.2 Å². The number of amides is 3. The molecule has 0 fully saturated rings. The highest BCUT2D eigenvalue weighted by Gasteiger charge is 2.26. The maximum atomic E-state index is 14.2. The van der Waals surface area contributed by atoms with Gasteiger partial charge in [-0.1, -0.05) is 103 Å². The second-order valence-corrected chi connectivity index (χ2v) is 11.6. The number of anilines is 1. The van der Waals surface area contributed by atoms with Gasteiger partial charge < -0.3 is 27.0 Å². The van der Waals surface area contributed by atoms with Crippen molar-refractivity contribution in [2.45, 2.75) is 37.8 Å². The zero-order valence-corrected chi connectivity index (χ0v) is 25.9. The van der Waals surface area contributed by atoms with E-state index in [0.29, 0.717) is 30.6 Å². The summed E-state index contributed by atoms with van der Waals surface area (Å²) in [6.45, 7) is 0.432. The average Bonchev–Trinajstić information content (AvgIpc) is 3.08. The third-order valence-corrected chi connectivity index (χ3v) is 8.10. The molecule has 8 heteroatoms. The Hall–Kier alpha value is -5.05. The van der Waals surface area contributed by atoms with Crippen LogP contribution in [0.15, 0.2) is 115 Å². The smallest absolute Gasteiger partial charge is 0.254 e. The van der Waals surface area contributed by atoms with E-state index >= 15 is 0 Å². The van der Waals surface area contributed by atoms with Crippen molar-refractivity contribution in [1.29, 1.82) is 0 Å². The van der Waals surface area contributed by atoms with Crippen molar-refractivity contribution in [2.75, 3.05) is 25.0 Å². The fraction of sp³-hybridized carbons (Fsp3) is 0.237. The predicted octanol–water partition coefficient (Wildman–Crippen LogP) is 5.26. The zero-order valence-electron chi connectivity index (χ0n) is 25.9. The fourth-order valence-electron chi connectivity index (χ4n) is 5.70. The van der Waals surface area contributed by atoms with E-state index in [-0.39, 0.29) is 30.8 Å². The summed E-state index contributed by atoms with van der Waals surface area (Å²) in [7, 11) is 0. The number of benzene rings is 5. The van der Waals surface area contributed by atoms with E-state index in [4.69, 9.17) is 11.5 Å². The quantitative estimate of drug-likeness (QED) is 0.127. The Morgan fingerprint density at radius 2 is 1.43 bits per heavy atom. The van der Waals surface area contributed by atoms with Gasteiger partial charge in [0.15, 0.2) is 0 Å². The molecule has 0 aliphatic rings. The number of carbonyl (C=O) groups is 3. The molecule has 2 atom stereocenters. The lowest BCUT2D eigenvalue weighted by Gasteiger charge is -2.29. The summed E-state index contributed by atoms with van der Waals surface area (Å²) in [5, 5.41) is 9.93. The molecule has 0 spiro atoms. The van der Waals surface area contributed by atoms with Gasteiger partial charge in [0.2, 0.25) is 11.8 Å². The molecule has 0 radical (unpaired) electrons. The van der Waals surface area contributed by atoms with Crippen molar-refractivity contribution >= 4 is 45.0 Å². The van der Waals surface area contributed by atoms with Crippen molar-refractivity contribution in [3.05, 3.63) is 126 Å². The van der Waals surface area contributed by atoms with Gasteiger partial charge in [-0.05, 0) is 65.7 Å². The first-order chi connectivity index (χ1) is 22.4. The number of unbranched alkanes of at least 4 members (excludes halogenated alkanes) is 1. The molecule has 236 valence electrons. The Kier molecular flexibility index (Phi) is 11.1. The van der Waals surface area contributed by atoms with E-state index in [1.54, 1.807) is 6.07 Å². The Morgan fingerprint density at radius 3 is 2.22 bits per heavy atom. The second-order valence-electron chi connectivity index (χ2n) is 11.6. The van der Waals surface area contributed by atoms with E-state index in [9.17, 15) is 14.4 Å². The van der Waals surface area contributed by atoms with Gasteiger partial charge in [0, 0.05) is 23.2 Å². The summed E-state index contributed by atoms with van der Waals surface area (Å²) in [5.41, 5.74) is 14.0. The summed E-state index contributed by atoms with van der Waals surface area (Å²) < 4.78 is 0. The Balaban J connectivity index is 1.42. The molecule has 3 amide bonds. The van der Waals surface area contributed by atoms with E-state index < -0.39 is 12.1 Å². The predicted molar refractivity (Wildman–Crippen MR) is 185 cm³/mol. The first-order valence-electron chi connectivity index (χ1n) is 15.8. The molecule has 0 bridgehead atoms. The number of hydrogen-bond donors (Lipinski definition) is 4. The summed E-state index contributed by atoms with van der Waals surface area (Å²) in [6, 6.07) is 35.4. The number of fused-ring (bicyclic) bond motifs is 2. The third kappa shape index (κ3) is 8.56. The molecule has 5 aromatic carbocycles. The number of rotatable bonds is 14. The summed E-state index contributed by atoms with van der Waals surface area (Å²) >= 11 is 0. The molecule has 6 N–H and O–H groups in total. The molecule has 0 aliphatic carbocycles. The molecule has 0 aromatic heterocycles. The largest absolute Gasteiger partial charge is 0.350 e. The summed E-state index contributed by atoms with van der Waals surface area (Å²) in [6.07, 6.45) is 2.49. The summed E-state index contributed by atoms with van der Waals surface area (Å²) in [5.74, 6) is -0.941. The standard InChI is InChI=1S/C38H41N5O3/c39-22-9-8-18-34(40)37(45)41-32(23-27-11-2-1-3-12-27)25-43(38(46)31-21-20-28-13-4-5-15-30(28)24-31)26-36(44)42-35-19-10-16-29-14-6-7-17-33(29)35/h1-7,10-17,19-21,24,32,34H,8-9,18,22-23,25-26,39-40H2,(H,41,45)(H,42,44)/t32-,34-/m0/s1. The molecule has 5 aromatic rings. The molecule has 0 unspecified atom stereocenters. The van der Waals surface area contributed by atoms with Crippen LogP contribution in [0, 0.1) is 0 Å². The first kappa shape index (κ1) is 32.3. The van der Waals surface area contributed by atoms with Gasteiger partial charge in [0.1, 0.15) is 6.54 Å². The molecular formula is C38H41N5O3. The van der Waals surface area contributed by atoms with Crippen LogP contribution >= 0.6 is 0 Å². The van der Waals surface area contributed by atoms with Crippen LogP contribution in [0.25, 0.3) is 21.5 Å². The third-order valence-electron chi connectivity index (χ3n) is 8.10. The van der Waals surface area contributed by atoms with Crippen molar-refractivity contribution in [1.82, 2.24) is 10.2 Å². The lowest BCUT2D eigenvalue weighted by molar-refractivity contribution is -0.123. The normalized spacial score (nSPS) is 12.4. The maximum Gasteiger partial charge on any atom is 0.254 e. The Labute approximate surface area is 269 Å². The number of carbonyl (C=O) groups excluding carboxylic acids is 3. The van der Waals surface area contributed by atoms with Crippen LogP contribution in [0.3, 0.4) is 0 Å². The van der Waals surface area contributed by atoms with E-state index in [1.165, 1.54) is 4.90 Å².